The monoisotopic (exact) mass is 296 g/mol. The minimum Gasteiger partial charge on any atom is -0.249 e. The highest BCUT2D eigenvalue weighted by Crippen LogP contribution is 2.20. The predicted molar refractivity (Wildman–Crippen MR) is 73.0 cm³/mol. The minimum absolute atomic E-state index is 0.135. The van der Waals surface area contributed by atoms with Crippen molar-refractivity contribution in [1.29, 1.82) is 0 Å². The summed E-state index contributed by atoms with van der Waals surface area (Å²) in [5.41, 5.74) is -0.0299. The fraction of sp³-hybridized carbons (Fsp3) is 0.500. The van der Waals surface area contributed by atoms with Gasteiger partial charge in [-0.3, -0.25) is 0 Å². The van der Waals surface area contributed by atoms with Crippen molar-refractivity contribution in [2.45, 2.75) is 30.6 Å². The first-order chi connectivity index (χ1) is 9.59. The van der Waals surface area contributed by atoms with Gasteiger partial charge in [-0.2, -0.15) is 9.40 Å². The second-order valence-electron chi connectivity index (χ2n) is 4.94. The average Bonchev–Trinajstić information content (AvgIpc) is 2.68. The Balaban J connectivity index is 2.03. The Hall–Kier alpha value is -1.67. The molecule has 2 aromatic heterocycles. The number of sulfonamides is 1. The summed E-state index contributed by atoms with van der Waals surface area (Å²) in [5.74, 6) is 0. The van der Waals surface area contributed by atoms with E-state index in [4.69, 9.17) is 0 Å². The Morgan fingerprint density at radius 2 is 1.80 bits per heavy atom. The number of nitrogens with zero attached hydrogens (tertiary/aromatic N) is 3. The molecule has 1 aliphatic heterocycles. The van der Waals surface area contributed by atoms with E-state index in [-0.39, 0.29) is 4.90 Å². The topological polar surface area (TPSA) is 87.5 Å². The Bertz CT molecular complexity index is 769. The van der Waals surface area contributed by atoms with Crippen LogP contribution in [0.25, 0.3) is 5.65 Å². The van der Waals surface area contributed by atoms with Crippen LogP contribution in [0.5, 0.6) is 0 Å². The van der Waals surface area contributed by atoms with Gasteiger partial charge in [-0.25, -0.2) is 22.7 Å². The zero-order chi connectivity index (χ0) is 14.2. The molecule has 0 amide bonds. The molecule has 20 heavy (non-hydrogen) atoms. The van der Waals surface area contributed by atoms with Gasteiger partial charge in [0, 0.05) is 19.3 Å². The molecule has 1 aliphatic rings. The van der Waals surface area contributed by atoms with E-state index < -0.39 is 15.7 Å². The van der Waals surface area contributed by atoms with Gasteiger partial charge in [0.25, 0.3) is 0 Å². The lowest BCUT2D eigenvalue weighted by Crippen LogP contribution is -2.32. The quantitative estimate of drug-likeness (QED) is 0.878. The van der Waals surface area contributed by atoms with Crippen molar-refractivity contribution in [2.75, 3.05) is 13.1 Å². The summed E-state index contributed by atoms with van der Waals surface area (Å²) >= 11 is 0. The van der Waals surface area contributed by atoms with Gasteiger partial charge < -0.3 is 0 Å². The number of aromatic nitrogens is 3. The van der Waals surface area contributed by atoms with E-state index in [1.54, 1.807) is 0 Å². The lowest BCUT2D eigenvalue weighted by Gasteiger charge is -2.19. The molecular formula is C12H16N4O3S. The van der Waals surface area contributed by atoms with Crippen molar-refractivity contribution in [1.82, 2.24) is 18.9 Å². The van der Waals surface area contributed by atoms with E-state index in [1.807, 2.05) is 0 Å². The Morgan fingerprint density at radius 3 is 2.50 bits per heavy atom. The Morgan fingerprint density at radius 1 is 1.10 bits per heavy atom. The number of aromatic amines is 1. The normalized spacial score (nSPS) is 18.2. The molecule has 0 aromatic carbocycles. The summed E-state index contributed by atoms with van der Waals surface area (Å²) < 4.78 is 27.9. The molecule has 0 aliphatic carbocycles. The number of pyridine rings is 1. The number of hydrogen-bond donors (Lipinski definition) is 1. The van der Waals surface area contributed by atoms with Crippen LogP contribution in [0.2, 0.25) is 0 Å². The van der Waals surface area contributed by atoms with Gasteiger partial charge in [0.2, 0.25) is 10.0 Å². The molecule has 8 heteroatoms. The first kappa shape index (κ1) is 13.3. The summed E-state index contributed by atoms with van der Waals surface area (Å²) in [6, 6.07) is 3.03. The van der Waals surface area contributed by atoms with Crippen LogP contribution in [0.4, 0.5) is 0 Å². The molecule has 1 saturated heterocycles. The molecule has 3 rings (SSSR count). The van der Waals surface area contributed by atoms with E-state index in [0.717, 1.165) is 25.7 Å². The largest absolute Gasteiger partial charge is 0.347 e. The third-order valence-corrected chi connectivity index (χ3v) is 5.47. The number of H-pyrrole nitrogens is 1. The third-order valence-electron chi connectivity index (χ3n) is 3.59. The first-order valence-corrected chi connectivity index (χ1v) is 8.10. The summed E-state index contributed by atoms with van der Waals surface area (Å²) in [4.78, 5) is 11.7. The van der Waals surface area contributed by atoms with Crippen molar-refractivity contribution in [3.63, 3.8) is 0 Å². The molecule has 1 fully saturated rings. The first-order valence-electron chi connectivity index (χ1n) is 6.66. The number of nitrogens with one attached hydrogen (secondary N) is 1. The lowest BCUT2D eigenvalue weighted by atomic mass is 10.2. The summed E-state index contributed by atoms with van der Waals surface area (Å²) in [6.07, 6.45) is 5.22. The maximum Gasteiger partial charge on any atom is 0.347 e. The zero-order valence-corrected chi connectivity index (χ0v) is 11.8. The van der Waals surface area contributed by atoms with Gasteiger partial charge in [-0.1, -0.05) is 12.8 Å². The predicted octanol–water partition coefficient (Wildman–Crippen LogP) is 0.587. The van der Waals surface area contributed by atoms with E-state index in [0.29, 0.717) is 18.7 Å². The van der Waals surface area contributed by atoms with Crippen LogP contribution in [0.1, 0.15) is 25.7 Å². The number of rotatable bonds is 2. The van der Waals surface area contributed by atoms with Crippen LogP contribution in [0.15, 0.2) is 28.0 Å². The molecule has 1 N–H and O–H groups in total. The smallest absolute Gasteiger partial charge is 0.249 e. The second kappa shape index (κ2) is 5.02. The van der Waals surface area contributed by atoms with Gasteiger partial charge in [-0.05, 0) is 25.0 Å². The molecule has 0 spiro atoms. The SMILES string of the molecule is O=c1[nH]nc2ccc(S(=O)(=O)N3CCCCCC3)cn12. The third kappa shape index (κ3) is 2.25. The van der Waals surface area contributed by atoms with E-state index in [1.165, 1.54) is 27.0 Å². The molecule has 0 bridgehead atoms. The van der Waals surface area contributed by atoms with Gasteiger partial charge in [0.15, 0.2) is 5.65 Å². The fourth-order valence-corrected chi connectivity index (χ4v) is 3.99. The summed E-state index contributed by atoms with van der Waals surface area (Å²) in [5, 5.41) is 6.08. The maximum absolute atomic E-state index is 12.6. The van der Waals surface area contributed by atoms with Gasteiger partial charge >= 0.3 is 5.69 Å². The van der Waals surface area contributed by atoms with E-state index in [2.05, 4.69) is 10.2 Å². The molecule has 0 unspecified atom stereocenters. The van der Waals surface area contributed by atoms with Crippen molar-refractivity contribution in [2.24, 2.45) is 0 Å². The van der Waals surface area contributed by atoms with Crippen LogP contribution in [0, 0.1) is 0 Å². The van der Waals surface area contributed by atoms with Crippen molar-refractivity contribution < 1.29 is 8.42 Å². The molecule has 0 radical (unpaired) electrons. The maximum atomic E-state index is 12.6. The van der Waals surface area contributed by atoms with Crippen molar-refractivity contribution >= 4 is 15.7 Å². The van der Waals surface area contributed by atoms with Crippen molar-refractivity contribution in [3.05, 3.63) is 28.8 Å². The summed E-state index contributed by atoms with van der Waals surface area (Å²) in [7, 11) is -3.54. The van der Waals surface area contributed by atoms with E-state index in [9.17, 15) is 13.2 Å². The minimum atomic E-state index is -3.54. The molecule has 0 saturated carbocycles. The average molecular weight is 296 g/mol. The molecule has 7 nitrogen and oxygen atoms in total. The Labute approximate surface area is 116 Å². The zero-order valence-electron chi connectivity index (χ0n) is 10.9. The second-order valence-corrected chi connectivity index (χ2v) is 6.88. The fourth-order valence-electron chi connectivity index (χ4n) is 2.47. The highest BCUT2D eigenvalue weighted by Gasteiger charge is 2.25. The highest BCUT2D eigenvalue weighted by atomic mass is 32.2. The van der Waals surface area contributed by atoms with Crippen molar-refractivity contribution in [3.8, 4) is 0 Å². The molecule has 0 atom stereocenters. The lowest BCUT2D eigenvalue weighted by molar-refractivity contribution is 0.423. The van der Waals surface area contributed by atoms with Gasteiger partial charge in [-0.15, -0.1) is 0 Å². The molecular weight excluding hydrogens is 280 g/mol. The number of hydrogen-bond acceptors (Lipinski definition) is 4. The van der Waals surface area contributed by atoms with Crippen LogP contribution in [0.3, 0.4) is 0 Å². The number of fused-ring (bicyclic) bond motifs is 1. The molecule has 108 valence electrons. The standard InChI is InChI=1S/C12H16N4O3S/c17-12-14-13-11-6-5-10(9-16(11)12)20(18,19)15-7-3-1-2-4-8-15/h5-6,9H,1-4,7-8H2,(H,14,17). The van der Waals surface area contributed by atoms with Crippen LogP contribution >= 0.6 is 0 Å². The highest BCUT2D eigenvalue weighted by molar-refractivity contribution is 7.89. The van der Waals surface area contributed by atoms with Gasteiger partial charge in [0.1, 0.15) is 0 Å². The van der Waals surface area contributed by atoms with Crippen LogP contribution < -0.4 is 5.69 Å². The van der Waals surface area contributed by atoms with Gasteiger partial charge in [0.05, 0.1) is 4.90 Å². The summed E-state index contributed by atoms with van der Waals surface area (Å²) in [6.45, 7) is 1.08. The molecule has 2 aromatic rings. The van der Waals surface area contributed by atoms with E-state index >= 15 is 0 Å². The molecule has 3 heterocycles. The van der Waals surface area contributed by atoms with Crippen LogP contribution in [-0.2, 0) is 10.0 Å². The Kier molecular flexibility index (Phi) is 3.35. The van der Waals surface area contributed by atoms with Crippen LogP contribution in [-0.4, -0.2) is 40.4 Å².